The lowest BCUT2D eigenvalue weighted by atomic mass is 9.93. The second-order valence-corrected chi connectivity index (χ2v) is 6.40. The van der Waals surface area contributed by atoms with Crippen molar-refractivity contribution in [2.75, 3.05) is 12.0 Å². The van der Waals surface area contributed by atoms with Gasteiger partial charge >= 0.3 is 0 Å². The van der Waals surface area contributed by atoms with E-state index in [-0.39, 0.29) is 6.67 Å². The lowest BCUT2D eigenvalue weighted by molar-refractivity contribution is 0.824. The van der Waals surface area contributed by atoms with E-state index in [9.17, 15) is 0 Å². The Bertz CT molecular complexity index is 684. The van der Waals surface area contributed by atoms with Gasteiger partial charge in [-0.1, -0.05) is 47.0 Å². The minimum Gasteiger partial charge on any atom is -0.360 e. The predicted molar refractivity (Wildman–Crippen MR) is 106 cm³/mol. The molecule has 1 aliphatic carbocycles. The van der Waals surface area contributed by atoms with E-state index in [4.69, 9.17) is 17.3 Å². The van der Waals surface area contributed by atoms with Gasteiger partial charge in [-0.2, -0.15) is 0 Å². The standard InChI is InChI=1S/C20H26ClN3/c1-15-6-3-4-8-18(15)11-10-17-7-5-9-19(12-17)23-13-20(21)16(2)24-14-22/h3,5-7,9,12-13,23H,4,8,10-11,14,22H2,1-2H3/b20-13+,24-16-. The molecule has 0 heterocycles. The molecule has 2 rings (SSSR count). The Morgan fingerprint density at radius 1 is 1.38 bits per heavy atom. The monoisotopic (exact) mass is 343 g/mol. The fraction of sp³-hybridized carbons (Fsp3) is 0.350. The van der Waals surface area contributed by atoms with Crippen LogP contribution in [0.25, 0.3) is 0 Å². The molecule has 0 atom stereocenters. The second-order valence-electron chi connectivity index (χ2n) is 5.99. The summed E-state index contributed by atoms with van der Waals surface area (Å²) >= 11 is 6.18. The minimum atomic E-state index is 0.246. The molecule has 0 saturated heterocycles. The van der Waals surface area contributed by atoms with Crippen LogP contribution in [-0.4, -0.2) is 12.4 Å². The Labute approximate surface area is 150 Å². The molecule has 0 bridgehead atoms. The molecule has 1 aliphatic rings. The van der Waals surface area contributed by atoms with Crippen molar-refractivity contribution in [1.82, 2.24) is 0 Å². The van der Waals surface area contributed by atoms with E-state index in [2.05, 4.69) is 47.6 Å². The first-order chi connectivity index (χ1) is 11.6. The van der Waals surface area contributed by atoms with Crippen molar-refractivity contribution in [3.05, 3.63) is 64.4 Å². The molecule has 0 radical (unpaired) electrons. The number of aryl methyl sites for hydroxylation is 1. The number of hydrogen-bond donors (Lipinski definition) is 2. The molecule has 0 fully saturated rings. The van der Waals surface area contributed by atoms with Crippen LogP contribution < -0.4 is 11.1 Å². The summed E-state index contributed by atoms with van der Waals surface area (Å²) in [5, 5.41) is 3.80. The van der Waals surface area contributed by atoms with Gasteiger partial charge in [0.15, 0.2) is 0 Å². The van der Waals surface area contributed by atoms with Crippen molar-refractivity contribution >= 4 is 23.0 Å². The minimum absolute atomic E-state index is 0.246. The molecular weight excluding hydrogens is 318 g/mol. The largest absolute Gasteiger partial charge is 0.360 e. The van der Waals surface area contributed by atoms with Gasteiger partial charge < -0.3 is 11.1 Å². The summed E-state index contributed by atoms with van der Waals surface area (Å²) in [5.41, 5.74) is 11.5. The van der Waals surface area contributed by atoms with Crippen LogP contribution in [0.4, 0.5) is 5.69 Å². The maximum atomic E-state index is 6.18. The molecule has 3 N–H and O–H groups in total. The molecule has 3 nitrogen and oxygen atoms in total. The highest BCUT2D eigenvalue weighted by molar-refractivity contribution is 6.43. The van der Waals surface area contributed by atoms with Crippen LogP contribution in [0.15, 0.2) is 63.8 Å². The molecule has 0 spiro atoms. The zero-order valence-corrected chi connectivity index (χ0v) is 15.2. The van der Waals surface area contributed by atoms with Crippen LogP contribution in [0.3, 0.4) is 0 Å². The molecule has 1 aromatic rings. The number of nitrogens with two attached hydrogens (primary N) is 1. The summed E-state index contributed by atoms with van der Waals surface area (Å²) in [7, 11) is 0. The van der Waals surface area contributed by atoms with Crippen LogP contribution in [0, 0.1) is 0 Å². The third-order valence-electron chi connectivity index (χ3n) is 4.22. The van der Waals surface area contributed by atoms with Crippen molar-refractivity contribution in [1.29, 1.82) is 0 Å². The van der Waals surface area contributed by atoms with E-state index in [0.29, 0.717) is 5.03 Å². The van der Waals surface area contributed by atoms with E-state index in [1.807, 2.05) is 13.0 Å². The summed E-state index contributed by atoms with van der Waals surface area (Å²) in [6, 6.07) is 8.45. The van der Waals surface area contributed by atoms with Gasteiger partial charge in [-0.25, -0.2) is 0 Å². The quantitative estimate of drug-likeness (QED) is 0.672. The summed E-state index contributed by atoms with van der Waals surface area (Å²) < 4.78 is 0. The Hall–Kier alpha value is -1.84. The van der Waals surface area contributed by atoms with Crippen LogP contribution in [-0.2, 0) is 6.42 Å². The number of rotatable bonds is 7. The highest BCUT2D eigenvalue weighted by Gasteiger charge is 2.05. The lowest BCUT2D eigenvalue weighted by Crippen LogP contribution is -2.02. The highest BCUT2D eigenvalue weighted by Crippen LogP contribution is 2.24. The number of nitrogens with one attached hydrogen (secondary N) is 1. The summed E-state index contributed by atoms with van der Waals surface area (Å²) in [4.78, 5) is 4.09. The van der Waals surface area contributed by atoms with Gasteiger partial charge in [-0.15, -0.1) is 0 Å². The molecule has 0 aromatic heterocycles. The molecule has 0 unspecified atom stereocenters. The topological polar surface area (TPSA) is 50.4 Å². The number of anilines is 1. The van der Waals surface area contributed by atoms with Gasteiger partial charge in [0, 0.05) is 11.9 Å². The lowest BCUT2D eigenvalue weighted by Gasteiger charge is -2.13. The third-order valence-corrected chi connectivity index (χ3v) is 4.60. The van der Waals surface area contributed by atoms with Crippen molar-refractivity contribution in [2.24, 2.45) is 10.7 Å². The summed E-state index contributed by atoms with van der Waals surface area (Å²) in [5.74, 6) is 0. The fourth-order valence-corrected chi connectivity index (χ4v) is 2.84. The van der Waals surface area contributed by atoms with Gasteiger partial charge in [0.2, 0.25) is 0 Å². The van der Waals surface area contributed by atoms with Crippen LogP contribution >= 0.6 is 11.6 Å². The second kappa shape index (κ2) is 9.45. The van der Waals surface area contributed by atoms with Crippen LogP contribution in [0.1, 0.15) is 38.7 Å². The summed E-state index contributed by atoms with van der Waals surface area (Å²) in [6.45, 7) is 4.30. The fourth-order valence-electron chi connectivity index (χ4n) is 2.73. The van der Waals surface area contributed by atoms with Gasteiger partial charge in [-0.05, 0) is 57.2 Å². The zero-order chi connectivity index (χ0) is 17.4. The molecule has 0 amide bonds. The molecule has 1 aromatic carbocycles. The Morgan fingerprint density at radius 3 is 2.96 bits per heavy atom. The third kappa shape index (κ3) is 5.66. The summed E-state index contributed by atoms with van der Waals surface area (Å²) in [6.07, 6.45) is 10.8. The van der Waals surface area contributed by atoms with Gasteiger partial charge in [0.05, 0.1) is 17.4 Å². The smallest absolute Gasteiger partial charge is 0.0863 e. The number of benzene rings is 1. The van der Waals surface area contributed by atoms with E-state index < -0.39 is 0 Å². The average molecular weight is 344 g/mol. The van der Waals surface area contributed by atoms with Crippen LogP contribution in [0.5, 0.6) is 0 Å². The number of allylic oxidation sites excluding steroid dienone is 5. The number of aliphatic imine (C=N–C) groups is 1. The number of halogens is 1. The van der Waals surface area contributed by atoms with Crippen molar-refractivity contribution in [2.45, 2.75) is 39.5 Å². The van der Waals surface area contributed by atoms with Crippen molar-refractivity contribution in [3.63, 3.8) is 0 Å². The first-order valence-corrected chi connectivity index (χ1v) is 8.75. The highest BCUT2D eigenvalue weighted by atomic mass is 35.5. The maximum absolute atomic E-state index is 6.18. The SMILES string of the molecule is CC1=C(CCc2cccc(N/C=C(Cl)\C(C)=N/CN)c2)CCC=C1. The molecule has 24 heavy (non-hydrogen) atoms. The Kier molecular flexibility index (Phi) is 7.29. The number of hydrogen-bond acceptors (Lipinski definition) is 3. The van der Waals surface area contributed by atoms with Crippen LogP contribution in [0.2, 0.25) is 0 Å². The maximum Gasteiger partial charge on any atom is 0.0863 e. The van der Waals surface area contributed by atoms with Crippen molar-refractivity contribution in [3.8, 4) is 0 Å². The molecule has 0 saturated carbocycles. The average Bonchev–Trinajstić information content (AvgIpc) is 2.59. The Morgan fingerprint density at radius 2 is 2.21 bits per heavy atom. The van der Waals surface area contributed by atoms with E-state index >= 15 is 0 Å². The van der Waals surface area contributed by atoms with Gasteiger partial charge in [0.1, 0.15) is 0 Å². The van der Waals surface area contributed by atoms with E-state index in [1.54, 1.807) is 11.8 Å². The zero-order valence-electron chi connectivity index (χ0n) is 14.5. The van der Waals surface area contributed by atoms with Crippen molar-refractivity contribution < 1.29 is 0 Å². The normalized spacial score (nSPS) is 15.8. The molecule has 4 heteroatoms. The first kappa shape index (κ1) is 18.5. The van der Waals surface area contributed by atoms with Gasteiger partial charge in [-0.3, -0.25) is 4.99 Å². The van der Waals surface area contributed by atoms with E-state index in [0.717, 1.165) is 24.2 Å². The predicted octanol–water partition coefficient (Wildman–Crippen LogP) is 5.15. The molecule has 0 aliphatic heterocycles. The van der Waals surface area contributed by atoms with E-state index in [1.165, 1.54) is 24.0 Å². The Balaban J connectivity index is 1.98. The molecule has 128 valence electrons. The number of nitrogens with zero attached hydrogens (tertiary/aromatic N) is 1. The van der Waals surface area contributed by atoms with Gasteiger partial charge in [0.25, 0.3) is 0 Å². The first-order valence-electron chi connectivity index (χ1n) is 8.38. The molecular formula is C20H26ClN3.